The maximum Gasteiger partial charge on any atom is 0.329 e. The number of H-pyrrole nitrogens is 1. The highest BCUT2D eigenvalue weighted by atomic mass is 16.2. The number of para-hydroxylation sites is 1. The Kier molecular flexibility index (Phi) is 5.58. The van der Waals surface area contributed by atoms with E-state index in [9.17, 15) is 19.2 Å². The molecule has 8 nitrogen and oxygen atoms in total. The second-order valence-electron chi connectivity index (χ2n) is 8.81. The lowest BCUT2D eigenvalue weighted by Crippen LogP contribution is -2.52. The monoisotopic (exact) mass is 446 g/mol. The summed E-state index contributed by atoms with van der Waals surface area (Å²) in [5.74, 6) is 0.330. The average Bonchev–Trinajstić information content (AvgIpc) is 2.80. The van der Waals surface area contributed by atoms with E-state index >= 15 is 0 Å². The first-order chi connectivity index (χ1) is 16.0. The van der Waals surface area contributed by atoms with Gasteiger partial charge in [-0.05, 0) is 42.7 Å². The number of nitrogens with one attached hydrogen (secondary N) is 1. The third kappa shape index (κ3) is 4.08. The van der Waals surface area contributed by atoms with Crippen LogP contribution in [-0.2, 0) is 11.3 Å². The molecule has 8 heteroatoms. The van der Waals surface area contributed by atoms with Crippen molar-refractivity contribution >= 4 is 22.7 Å². The van der Waals surface area contributed by atoms with E-state index < -0.39 is 11.2 Å². The van der Waals surface area contributed by atoms with Crippen molar-refractivity contribution in [3.63, 3.8) is 0 Å². The summed E-state index contributed by atoms with van der Waals surface area (Å²) >= 11 is 0. The molecule has 0 spiro atoms. The Morgan fingerprint density at radius 3 is 2.36 bits per heavy atom. The van der Waals surface area contributed by atoms with E-state index in [0.29, 0.717) is 42.6 Å². The summed E-state index contributed by atoms with van der Waals surface area (Å²) < 4.78 is 1.51. The van der Waals surface area contributed by atoms with Crippen molar-refractivity contribution in [2.24, 2.45) is 5.92 Å². The van der Waals surface area contributed by atoms with Gasteiger partial charge in [-0.25, -0.2) is 4.79 Å². The number of hydrogen-bond donors (Lipinski definition) is 1. The first-order valence-corrected chi connectivity index (χ1v) is 11.4. The molecular weight excluding hydrogens is 420 g/mol. The average molecular weight is 447 g/mol. The van der Waals surface area contributed by atoms with Crippen molar-refractivity contribution < 1.29 is 9.59 Å². The molecule has 1 saturated carbocycles. The minimum atomic E-state index is -0.484. The molecule has 2 aliphatic rings. The molecule has 1 aromatic heterocycles. The molecule has 3 aromatic rings. The van der Waals surface area contributed by atoms with Crippen molar-refractivity contribution in [1.82, 2.24) is 19.4 Å². The van der Waals surface area contributed by atoms with Crippen LogP contribution in [-0.4, -0.2) is 57.3 Å². The number of nitrogens with zero attached hydrogens (tertiary/aromatic N) is 3. The number of piperazine rings is 1. The summed E-state index contributed by atoms with van der Waals surface area (Å²) in [6.45, 7) is 2.41. The molecule has 5 rings (SSSR count). The smallest absolute Gasteiger partial charge is 0.329 e. The van der Waals surface area contributed by atoms with Gasteiger partial charge in [0.2, 0.25) is 5.91 Å². The number of benzene rings is 2. The number of rotatable bonds is 4. The molecule has 33 heavy (non-hydrogen) atoms. The molecule has 2 aromatic carbocycles. The van der Waals surface area contributed by atoms with Crippen LogP contribution in [0.2, 0.25) is 0 Å². The Labute approximate surface area is 190 Å². The van der Waals surface area contributed by atoms with Crippen LogP contribution in [0, 0.1) is 5.92 Å². The normalized spacial score (nSPS) is 16.6. The van der Waals surface area contributed by atoms with Gasteiger partial charge in [-0.3, -0.25) is 23.9 Å². The van der Waals surface area contributed by atoms with Crippen LogP contribution in [0.4, 0.5) is 0 Å². The van der Waals surface area contributed by atoms with Crippen molar-refractivity contribution in [2.75, 3.05) is 26.2 Å². The maximum absolute atomic E-state index is 13.1. The van der Waals surface area contributed by atoms with Gasteiger partial charge in [0.1, 0.15) is 0 Å². The first kappa shape index (κ1) is 21.2. The Morgan fingerprint density at radius 1 is 0.909 bits per heavy atom. The van der Waals surface area contributed by atoms with Crippen LogP contribution < -0.4 is 11.2 Å². The number of carbonyl (C=O) groups is 2. The summed E-state index contributed by atoms with van der Waals surface area (Å²) in [6.07, 6.45) is 3.10. The Bertz CT molecular complexity index is 1330. The fourth-order valence-electron chi connectivity index (χ4n) is 4.61. The largest absolute Gasteiger partial charge is 0.339 e. The van der Waals surface area contributed by atoms with Gasteiger partial charge >= 0.3 is 5.69 Å². The molecule has 0 atom stereocenters. The van der Waals surface area contributed by atoms with Gasteiger partial charge in [-0.2, -0.15) is 0 Å². The van der Waals surface area contributed by atoms with Crippen LogP contribution in [0.5, 0.6) is 0 Å². The molecule has 170 valence electrons. The third-order valence-electron chi connectivity index (χ3n) is 6.75. The van der Waals surface area contributed by atoms with Crippen LogP contribution in [0.25, 0.3) is 10.9 Å². The second kappa shape index (κ2) is 8.69. The lowest BCUT2D eigenvalue weighted by atomic mass is 9.84. The molecule has 2 amide bonds. The van der Waals surface area contributed by atoms with Crippen molar-refractivity contribution in [3.8, 4) is 0 Å². The Hall–Kier alpha value is -3.68. The highest BCUT2D eigenvalue weighted by Crippen LogP contribution is 2.28. The van der Waals surface area contributed by atoms with Gasteiger partial charge in [0.25, 0.3) is 11.5 Å². The highest BCUT2D eigenvalue weighted by molar-refractivity contribution is 5.94. The van der Waals surface area contributed by atoms with E-state index in [1.165, 1.54) is 4.57 Å². The van der Waals surface area contributed by atoms with Crippen LogP contribution >= 0.6 is 0 Å². The standard InChI is InChI=1S/C25H26N4O4/c30-22-20-9-1-2-10-21(20)29(25(33)26-22)16-17-5-3-8-19(15-17)24(32)28-13-11-27(12-14-28)23(31)18-6-4-7-18/h1-3,5,8-10,15,18H,4,6-7,11-14,16H2,(H,26,30,33). The summed E-state index contributed by atoms with van der Waals surface area (Å²) in [6, 6.07) is 14.2. The molecule has 0 unspecified atom stereocenters. The zero-order valence-corrected chi connectivity index (χ0v) is 18.3. The van der Waals surface area contributed by atoms with E-state index in [1.807, 2.05) is 11.0 Å². The lowest BCUT2D eigenvalue weighted by Gasteiger charge is -2.38. The number of fused-ring (bicyclic) bond motifs is 1. The summed E-state index contributed by atoms with van der Waals surface area (Å²) in [7, 11) is 0. The summed E-state index contributed by atoms with van der Waals surface area (Å²) in [5, 5.41) is 0.443. The predicted molar refractivity (Wildman–Crippen MR) is 124 cm³/mol. The molecule has 1 aliphatic carbocycles. The second-order valence-corrected chi connectivity index (χ2v) is 8.81. The fraction of sp³-hybridized carbons (Fsp3) is 0.360. The number of amides is 2. The SMILES string of the molecule is O=C(c1cccc(Cn2c(=O)[nH]c(=O)c3ccccc32)c1)N1CCN(C(=O)C2CCC2)CC1. The van der Waals surface area contributed by atoms with Crippen molar-refractivity contribution in [1.29, 1.82) is 0 Å². The summed E-state index contributed by atoms with van der Waals surface area (Å²) in [4.78, 5) is 56.2. The predicted octanol–water partition coefficient (Wildman–Crippen LogP) is 1.82. The Balaban J connectivity index is 1.32. The quantitative estimate of drug-likeness (QED) is 0.661. The van der Waals surface area contributed by atoms with E-state index in [1.54, 1.807) is 47.4 Å². The lowest BCUT2D eigenvalue weighted by molar-refractivity contribution is -0.139. The number of carbonyl (C=O) groups excluding carboxylic acids is 2. The molecule has 0 bridgehead atoms. The van der Waals surface area contributed by atoms with Crippen molar-refractivity contribution in [3.05, 3.63) is 80.5 Å². The topological polar surface area (TPSA) is 95.5 Å². The highest BCUT2D eigenvalue weighted by Gasteiger charge is 2.32. The van der Waals surface area contributed by atoms with E-state index in [4.69, 9.17) is 0 Å². The van der Waals surface area contributed by atoms with E-state index in [-0.39, 0.29) is 24.3 Å². The van der Waals surface area contributed by atoms with Gasteiger partial charge in [-0.15, -0.1) is 0 Å². The molecule has 2 fully saturated rings. The van der Waals surface area contributed by atoms with Gasteiger partial charge in [0.05, 0.1) is 17.4 Å². The zero-order valence-electron chi connectivity index (χ0n) is 18.3. The van der Waals surface area contributed by atoms with Gasteiger partial charge in [-0.1, -0.05) is 30.7 Å². The maximum atomic E-state index is 13.1. The molecule has 1 N–H and O–H groups in total. The molecule has 1 aliphatic heterocycles. The number of aromatic nitrogens is 2. The van der Waals surface area contributed by atoms with Gasteiger partial charge in [0, 0.05) is 37.7 Å². The molecular formula is C25H26N4O4. The zero-order chi connectivity index (χ0) is 22.9. The minimum absolute atomic E-state index is 0.0775. The molecule has 1 saturated heterocycles. The summed E-state index contributed by atoms with van der Waals surface area (Å²) in [5.41, 5.74) is 0.996. The van der Waals surface area contributed by atoms with Crippen LogP contribution in [0.3, 0.4) is 0 Å². The van der Waals surface area contributed by atoms with Crippen LogP contribution in [0.15, 0.2) is 58.1 Å². The number of aromatic amines is 1. The minimum Gasteiger partial charge on any atom is -0.339 e. The van der Waals surface area contributed by atoms with E-state index in [0.717, 1.165) is 24.8 Å². The first-order valence-electron chi connectivity index (χ1n) is 11.4. The van der Waals surface area contributed by atoms with Gasteiger partial charge in [0.15, 0.2) is 0 Å². The van der Waals surface area contributed by atoms with Gasteiger partial charge < -0.3 is 9.80 Å². The Morgan fingerprint density at radius 2 is 1.64 bits per heavy atom. The number of hydrogen-bond acceptors (Lipinski definition) is 4. The fourth-order valence-corrected chi connectivity index (χ4v) is 4.61. The van der Waals surface area contributed by atoms with Crippen molar-refractivity contribution in [2.45, 2.75) is 25.8 Å². The third-order valence-corrected chi connectivity index (χ3v) is 6.75. The molecule has 0 radical (unpaired) electrons. The van der Waals surface area contributed by atoms with Crippen LogP contribution in [0.1, 0.15) is 35.2 Å². The van der Waals surface area contributed by atoms with E-state index in [2.05, 4.69) is 4.98 Å². The molecule has 2 heterocycles.